The highest BCUT2D eigenvalue weighted by atomic mass is 32.1. The number of tetrazole rings is 1. The fourth-order valence-electron chi connectivity index (χ4n) is 1.43. The molecule has 0 radical (unpaired) electrons. The number of rotatable bonds is 4. The predicted octanol–water partition coefficient (Wildman–Crippen LogP) is 1.18. The van der Waals surface area contributed by atoms with Crippen LogP contribution in [0, 0.1) is 13.8 Å². The zero-order valence-corrected chi connectivity index (χ0v) is 10.5. The van der Waals surface area contributed by atoms with E-state index in [1.807, 2.05) is 11.3 Å². The van der Waals surface area contributed by atoms with Gasteiger partial charge in [0.2, 0.25) is 0 Å². The van der Waals surface area contributed by atoms with Crippen LogP contribution in [0.3, 0.4) is 0 Å². The lowest BCUT2D eigenvalue weighted by molar-refractivity contribution is 0.620. The standard InChI is InChI=1S/C10H15N5S/c1-7-4-9(16-8(7)2)5-11-6-10-12-14-15(3)13-10/h4,11H,5-6H2,1-3H3. The molecule has 0 saturated carbocycles. The summed E-state index contributed by atoms with van der Waals surface area (Å²) < 4.78 is 0. The molecule has 16 heavy (non-hydrogen) atoms. The summed E-state index contributed by atoms with van der Waals surface area (Å²) in [6.45, 7) is 5.80. The first-order valence-electron chi connectivity index (χ1n) is 5.14. The van der Waals surface area contributed by atoms with Crippen molar-refractivity contribution >= 4 is 11.3 Å². The Morgan fingerprint density at radius 1 is 1.38 bits per heavy atom. The third kappa shape index (κ3) is 2.65. The summed E-state index contributed by atoms with van der Waals surface area (Å²) in [5.74, 6) is 0.729. The van der Waals surface area contributed by atoms with Gasteiger partial charge in [0.05, 0.1) is 13.6 Å². The van der Waals surface area contributed by atoms with E-state index in [4.69, 9.17) is 0 Å². The largest absolute Gasteiger partial charge is 0.305 e. The molecule has 0 aliphatic heterocycles. The summed E-state index contributed by atoms with van der Waals surface area (Å²) in [7, 11) is 1.77. The zero-order chi connectivity index (χ0) is 11.5. The second kappa shape index (κ2) is 4.71. The summed E-state index contributed by atoms with van der Waals surface area (Å²) in [4.78, 5) is 4.20. The second-order valence-electron chi connectivity index (χ2n) is 3.75. The monoisotopic (exact) mass is 237 g/mol. The molecule has 6 heteroatoms. The molecule has 0 aromatic carbocycles. The van der Waals surface area contributed by atoms with E-state index in [0.717, 1.165) is 12.4 Å². The average Bonchev–Trinajstić information content (AvgIpc) is 2.75. The van der Waals surface area contributed by atoms with Crippen molar-refractivity contribution in [3.8, 4) is 0 Å². The fraction of sp³-hybridized carbons (Fsp3) is 0.500. The van der Waals surface area contributed by atoms with E-state index in [1.54, 1.807) is 7.05 Å². The van der Waals surface area contributed by atoms with Crippen LogP contribution >= 0.6 is 11.3 Å². The van der Waals surface area contributed by atoms with Gasteiger partial charge in [0.15, 0.2) is 5.82 Å². The average molecular weight is 237 g/mol. The lowest BCUT2D eigenvalue weighted by Crippen LogP contribution is -2.13. The number of nitrogens with zero attached hydrogens (tertiary/aromatic N) is 4. The molecular weight excluding hydrogens is 222 g/mol. The van der Waals surface area contributed by atoms with Crippen LogP contribution in [-0.4, -0.2) is 20.2 Å². The smallest absolute Gasteiger partial charge is 0.188 e. The van der Waals surface area contributed by atoms with Crippen molar-refractivity contribution in [3.05, 3.63) is 27.2 Å². The van der Waals surface area contributed by atoms with Gasteiger partial charge in [-0.2, -0.15) is 4.80 Å². The maximum absolute atomic E-state index is 4.10. The third-order valence-electron chi connectivity index (χ3n) is 2.35. The highest BCUT2D eigenvalue weighted by molar-refractivity contribution is 7.12. The molecule has 2 aromatic rings. The first kappa shape index (κ1) is 11.2. The Balaban J connectivity index is 1.84. The number of hydrogen-bond donors (Lipinski definition) is 1. The van der Waals surface area contributed by atoms with Gasteiger partial charge in [-0.15, -0.1) is 21.5 Å². The molecule has 0 amide bonds. The molecule has 0 bridgehead atoms. The Kier molecular flexibility index (Phi) is 3.31. The van der Waals surface area contributed by atoms with Gasteiger partial charge < -0.3 is 5.32 Å². The van der Waals surface area contributed by atoms with Crippen molar-refractivity contribution in [2.75, 3.05) is 0 Å². The summed E-state index contributed by atoms with van der Waals surface area (Å²) in [5, 5.41) is 15.1. The van der Waals surface area contributed by atoms with Crippen LogP contribution in [0.4, 0.5) is 0 Å². The minimum atomic E-state index is 0.657. The van der Waals surface area contributed by atoms with E-state index in [2.05, 4.69) is 40.6 Å². The van der Waals surface area contributed by atoms with Crippen molar-refractivity contribution in [2.24, 2.45) is 7.05 Å². The van der Waals surface area contributed by atoms with Gasteiger partial charge in [0, 0.05) is 16.3 Å². The molecule has 1 N–H and O–H groups in total. The first-order chi connectivity index (χ1) is 7.65. The topological polar surface area (TPSA) is 55.6 Å². The van der Waals surface area contributed by atoms with Crippen molar-refractivity contribution in [3.63, 3.8) is 0 Å². The van der Waals surface area contributed by atoms with Gasteiger partial charge in [0.1, 0.15) is 0 Å². The lowest BCUT2D eigenvalue weighted by Gasteiger charge is -1.97. The Bertz CT molecular complexity index is 454. The lowest BCUT2D eigenvalue weighted by atomic mass is 10.3. The normalized spacial score (nSPS) is 10.9. The molecule has 0 aliphatic rings. The second-order valence-corrected chi connectivity index (χ2v) is 5.09. The van der Waals surface area contributed by atoms with Gasteiger partial charge in [-0.05, 0) is 30.7 Å². The van der Waals surface area contributed by atoms with Gasteiger partial charge in [-0.1, -0.05) is 0 Å². The van der Waals surface area contributed by atoms with Crippen LogP contribution < -0.4 is 5.32 Å². The van der Waals surface area contributed by atoms with Crippen LogP contribution in [-0.2, 0) is 20.1 Å². The minimum absolute atomic E-state index is 0.657. The van der Waals surface area contributed by atoms with Crippen molar-refractivity contribution in [1.29, 1.82) is 0 Å². The molecule has 0 atom stereocenters. The van der Waals surface area contributed by atoms with Gasteiger partial charge in [-0.25, -0.2) is 0 Å². The van der Waals surface area contributed by atoms with E-state index in [1.165, 1.54) is 20.1 Å². The quantitative estimate of drug-likeness (QED) is 0.867. The summed E-state index contributed by atoms with van der Waals surface area (Å²) in [6.07, 6.45) is 0. The molecule has 0 spiro atoms. The molecule has 2 aromatic heterocycles. The highest BCUT2D eigenvalue weighted by Crippen LogP contribution is 2.20. The van der Waals surface area contributed by atoms with E-state index >= 15 is 0 Å². The van der Waals surface area contributed by atoms with E-state index in [9.17, 15) is 0 Å². The number of hydrogen-bond acceptors (Lipinski definition) is 5. The van der Waals surface area contributed by atoms with Crippen LogP contribution in [0.15, 0.2) is 6.07 Å². The summed E-state index contributed by atoms with van der Waals surface area (Å²) in [6, 6.07) is 2.22. The Morgan fingerprint density at radius 2 is 2.19 bits per heavy atom. The molecule has 5 nitrogen and oxygen atoms in total. The predicted molar refractivity (Wildman–Crippen MR) is 63.1 cm³/mol. The number of thiophene rings is 1. The highest BCUT2D eigenvalue weighted by Gasteiger charge is 2.03. The molecule has 86 valence electrons. The van der Waals surface area contributed by atoms with Crippen LogP contribution in [0.1, 0.15) is 21.1 Å². The molecule has 0 aliphatic carbocycles. The third-order valence-corrected chi connectivity index (χ3v) is 3.50. The Labute approximate surface area is 98.5 Å². The summed E-state index contributed by atoms with van der Waals surface area (Å²) in [5.41, 5.74) is 1.36. The van der Waals surface area contributed by atoms with Gasteiger partial charge in [0.25, 0.3) is 0 Å². The molecule has 0 unspecified atom stereocenters. The van der Waals surface area contributed by atoms with Gasteiger partial charge in [-0.3, -0.25) is 0 Å². The molecule has 0 fully saturated rings. The fourth-order valence-corrected chi connectivity index (χ4v) is 2.45. The zero-order valence-electron chi connectivity index (χ0n) is 9.69. The number of aromatic nitrogens is 4. The number of nitrogens with one attached hydrogen (secondary N) is 1. The van der Waals surface area contributed by atoms with Crippen LogP contribution in [0.25, 0.3) is 0 Å². The van der Waals surface area contributed by atoms with Crippen molar-refractivity contribution in [2.45, 2.75) is 26.9 Å². The van der Waals surface area contributed by atoms with Gasteiger partial charge >= 0.3 is 0 Å². The SMILES string of the molecule is Cc1cc(CNCc2nnn(C)n2)sc1C. The summed E-state index contributed by atoms with van der Waals surface area (Å²) >= 11 is 1.83. The van der Waals surface area contributed by atoms with Crippen molar-refractivity contribution in [1.82, 2.24) is 25.5 Å². The first-order valence-corrected chi connectivity index (χ1v) is 5.96. The minimum Gasteiger partial charge on any atom is -0.305 e. The van der Waals surface area contributed by atoms with E-state index in [0.29, 0.717) is 6.54 Å². The number of aryl methyl sites for hydroxylation is 3. The molecule has 2 rings (SSSR count). The van der Waals surface area contributed by atoms with Crippen LogP contribution in [0.5, 0.6) is 0 Å². The maximum atomic E-state index is 4.10. The van der Waals surface area contributed by atoms with E-state index < -0.39 is 0 Å². The van der Waals surface area contributed by atoms with Crippen LogP contribution in [0.2, 0.25) is 0 Å². The molecule has 2 heterocycles. The Hall–Kier alpha value is -1.27. The van der Waals surface area contributed by atoms with E-state index in [-0.39, 0.29) is 0 Å². The maximum Gasteiger partial charge on any atom is 0.188 e. The Morgan fingerprint density at radius 3 is 2.75 bits per heavy atom. The molecule has 0 saturated heterocycles. The van der Waals surface area contributed by atoms with Crippen molar-refractivity contribution < 1.29 is 0 Å². The molecular formula is C10H15N5S.